The maximum absolute atomic E-state index is 12.1. The fourth-order valence-electron chi connectivity index (χ4n) is 2.93. The van der Waals surface area contributed by atoms with Gasteiger partial charge in [-0.05, 0) is 46.0 Å². The summed E-state index contributed by atoms with van der Waals surface area (Å²) in [7, 11) is 0. The van der Waals surface area contributed by atoms with Gasteiger partial charge in [0.05, 0.1) is 12.5 Å². The highest BCUT2D eigenvalue weighted by Crippen LogP contribution is 2.41. The number of ether oxygens (including phenoxy) is 1. The molecule has 0 radical (unpaired) electrons. The number of carbonyl (C=O) groups excluding carboxylic acids is 1. The van der Waals surface area contributed by atoms with Gasteiger partial charge < -0.3 is 9.84 Å². The molecule has 0 aromatic carbocycles. The van der Waals surface area contributed by atoms with E-state index in [-0.39, 0.29) is 17.6 Å². The zero-order valence-corrected chi connectivity index (χ0v) is 11.9. The van der Waals surface area contributed by atoms with Crippen LogP contribution in [0.5, 0.6) is 0 Å². The Labute approximate surface area is 113 Å². The Morgan fingerprint density at radius 2 is 2.05 bits per heavy atom. The number of carbonyl (C=O) groups is 2. The molecule has 0 atom stereocenters. The van der Waals surface area contributed by atoms with E-state index in [1.165, 1.54) is 0 Å². The molecule has 0 aromatic heterocycles. The molecule has 2 aliphatic rings. The first kappa shape index (κ1) is 14.2. The molecule has 0 unspecified atom stereocenters. The zero-order valence-electron chi connectivity index (χ0n) is 11.9. The molecule has 2 rings (SSSR count). The zero-order chi connectivity index (χ0) is 14.3. The summed E-state index contributed by atoms with van der Waals surface area (Å²) in [5, 5.41) is 9.02. The normalized spacial score (nSPS) is 31.6. The smallest absolute Gasteiger partial charge is 0.410 e. The summed E-state index contributed by atoms with van der Waals surface area (Å²) in [6.07, 6.45) is 3.14. The third-order valence-electron chi connectivity index (χ3n) is 4.81. The minimum atomic E-state index is -0.732. The van der Waals surface area contributed by atoms with Gasteiger partial charge >= 0.3 is 12.1 Å². The number of carboxylic acid groups (broad SMARTS) is 1. The van der Waals surface area contributed by atoms with Crippen LogP contribution >= 0.6 is 0 Å². The number of hydrogen-bond donors (Lipinski definition) is 1. The SMILES string of the molecule is CCC(C)(C)N1CC2(CCC(C(=O)O)CC2)OC1=O. The van der Waals surface area contributed by atoms with Crippen molar-refractivity contribution in [2.45, 2.75) is 64.0 Å². The largest absolute Gasteiger partial charge is 0.481 e. The summed E-state index contributed by atoms with van der Waals surface area (Å²) in [5.74, 6) is -1.01. The van der Waals surface area contributed by atoms with Gasteiger partial charge in [0.2, 0.25) is 0 Å². The van der Waals surface area contributed by atoms with Crippen LogP contribution in [0.4, 0.5) is 4.79 Å². The molecule has 1 spiro atoms. The number of nitrogens with zero attached hydrogens (tertiary/aromatic N) is 1. The van der Waals surface area contributed by atoms with Crippen molar-refractivity contribution in [1.82, 2.24) is 4.90 Å². The van der Waals surface area contributed by atoms with Crippen molar-refractivity contribution in [3.8, 4) is 0 Å². The van der Waals surface area contributed by atoms with E-state index in [2.05, 4.69) is 6.92 Å². The molecule has 0 bridgehead atoms. The van der Waals surface area contributed by atoms with Crippen LogP contribution < -0.4 is 0 Å². The molecule has 1 saturated heterocycles. The van der Waals surface area contributed by atoms with Gasteiger partial charge in [-0.2, -0.15) is 0 Å². The monoisotopic (exact) mass is 269 g/mol. The summed E-state index contributed by atoms with van der Waals surface area (Å²) in [5.41, 5.74) is -0.653. The first-order valence-electron chi connectivity index (χ1n) is 7.03. The van der Waals surface area contributed by atoms with Crippen molar-refractivity contribution < 1.29 is 19.4 Å². The van der Waals surface area contributed by atoms with E-state index < -0.39 is 11.6 Å². The van der Waals surface area contributed by atoms with Gasteiger partial charge in [-0.15, -0.1) is 0 Å². The van der Waals surface area contributed by atoms with Crippen molar-refractivity contribution in [2.75, 3.05) is 6.54 Å². The third-order valence-corrected chi connectivity index (χ3v) is 4.81. The van der Waals surface area contributed by atoms with E-state index in [1.807, 2.05) is 13.8 Å². The highest BCUT2D eigenvalue weighted by Gasteiger charge is 2.51. The summed E-state index contributed by atoms with van der Waals surface area (Å²) in [4.78, 5) is 24.8. The first-order valence-corrected chi connectivity index (χ1v) is 7.03. The van der Waals surface area contributed by atoms with Crippen LogP contribution in [0, 0.1) is 5.92 Å². The van der Waals surface area contributed by atoms with Crippen LogP contribution in [0.15, 0.2) is 0 Å². The maximum atomic E-state index is 12.1. The number of rotatable bonds is 3. The predicted octanol–water partition coefficient (Wildman–Crippen LogP) is 2.64. The van der Waals surface area contributed by atoms with E-state index in [4.69, 9.17) is 9.84 Å². The Hall–Kier alpha value is -1.26. The number of carboxylic acids is 1. The standard InChI is InChI=1S/C14H23NO4/c1-4-13(2,3)15-9-14(19-12(15)18)7-5-10(6-8-14)11(16)17/h10H,4-9H2,1-3H3,(H,16,17). The second-order valence-corrected chi connectivity index (χ2v) is 6.42. The Bertz CT molecular complexity index is 383. The van der Waals surface area contributed by atoms with Gasteiger partial charge in [-0.1, -0.05) is 6.92 Å². The topological polar surface area (TPSA) is 66.8 Å². The molecule has 108 valence electrons. The van der Waals surface area contributed by atoms with Crippen molar-refractivity contribution in [3.05, 3.63) is 0 Å². The molecule has 1 aliphatic heterocycles. The average Bonchev–Trinajstić information content (AvgIpc) is 2.67. The van der Waals surface area contributed by atoms with E-state index in [0.29, 0.717) is 32.2 Å². The number of amides is 1. The molecule has 1 saturated carbocycles. The molecule has 5 heteroatoms. The second kappa shape index (κ2) is 4.69. The van der Waals surface area contributed by atoms with E-state index >= 15 is 0 Å². The van der Waals surface area contributed by atoms with Gasteiger partial charge in [0.25, 0.3) is 0 Å². The summed E-state index contributed by atoms with van der Waals surface area (Å²) in [6, 6.07) is 0. The van der Waals surface area contributed by atoms with E-state index in [0.717, 1.165) is 6.42 Å². The molecule has 0 aromatic rings. The predicted molar refractivity (Wildman–Crippen MR) is 69.9 cm³/mol. The van der Waals surface area contributed by atoms with Crippen LogP contribution in [0.3, 0.4) is 0 Å². The fraction of sp³-hybridized carbons (Fsp3) is 0.857. The van der Waals surface area contributed by atoms with Gasteiger partial charge in [-0.25, -0.2) is 4.79 Å². The Morgan fingerprint density at radius 1 is 1.47 bits per heavy atom. The van der Waals surface area contributed by atoms with Crippen LogP contribution in [-0.4, -0.2) is 39.8 Å². The van der Waals surface area contributed by atoms with Crippen molar-refractivity contribution in [1.29, 1.82) is 0 Å². The molecular weight excluding hydrogens is 246 g/mol. The second-order valence-electron chi connectivity index (χ2n) is 6.42. The Balaban J connectivity index is 2.05. The lowest BCUT2D eigenvalue weighted by atomic mass is 9.78. The molecule has 1 N–H and O–H groups in total. The lowest BCUT2D eigenvalue weighted by Gasteiger charge is -2.36. The van der Waals surface area contributed by atoms with Gasteiger partial charge in [0.15, 0.2) is 0 Å². The van der Waals surface area contributed by atoms with Crippen molar-refractivity contribution in [3.63, 3.8) is 0 Å². The van der Waals surface area contributed by atoms with E-state index in [9.17, 15) is 9.59 Å². The quantitative estimate of drug-likeness (QED) is 0.855. The summed E-state index contributed by atoms with van der Waals surface area (Å²) < 4.78 is 5.61. The van der Waals surface area contributed by atoms with Crippen LogP contribution in [0.1, 0.15) is 52.9 Å². The highest BCUT2D eigenvalue weighted by atomic mass is 16.6. The third kappa shape index (κ3) is 2.55. The van der Waals surface area contributed by atoms with Gasteiger partial charge in [0, 0.05) is 5.54 Å². The number of aliphatic carboxylic acids is 1. The molecule has 1 amide bonds. The van der Waals surface area contributed by atoms with Crippen molar-refractivity contribution in [2.24, 2.45) is 5.92 Å². The lowest BCUT2D eigenvalue weighted by molar-refractivity contribution is -0.144. The summed E-state index contributed by atoms with van der Waals surface area (Å²) in [6.45, 7) is 6.73. The fourth-order valence-corrected chi connectivity index (χ4v) is 2.93. The van der Waals surface area contributed by atoms with Gasteiger partial charge in [-0.3, -0.25) is 9.69 Å². The molecule has 19 heavy (non-hydrogen) atoms. The average molecular weight is 269 g/mol. The minimum absolute atomic E-state index is 0.204. The molecule has 2 fully saturated rings. The van der Waals surface area contributed by atoms with Crippen LogP contribution in [0.2, 0.25) is 0 Å². The Morgan fingerprint density at radius 3 is 2.53 bits per heavy atom. The minimum Gasteiger partial charge on any atom is -0.481 e. The molecule has 1 heterocycles. The maximum Gasteiger partial charge on any atom is 0.410 e. The molecular formula is C14H23NO4. The van der Waals surface area contributed by atoms with E-state index in [1.54, 1.807) is 4.90 Å². The molecule has 1 aliphatic carbocycles. The van der Waals surface area contributed by atoms with Crippen LogP contribution in [-0.2, 0) is 9.53 Å². The van der Waals surface area contributed by atoms with Crippen molar-refractivity contribution >= 4 is 12.1 Å². The lowest BCUT2D eigenvalue weighted by Crippen LogP contribution is -2.46. The Kier molecular flexibility index (Phi) is 3.49. The van der Waals surface area contributed by atoms with Crippen LogP contribution in [0.25, 0.3) is 0 Å². The number of hydrogen-bond acceptors (Lipinski definition) is 3. The molecule has 5 nitrogen and oxygen atoms in total. The first-order chi connectivity index (χ1) is 8.80. The van der Waals surface area contributed by atoms with Gasteiger partial charge in [0.1, 0.15) is 5.60 Å². The summed E-state index contributed by atoms with van der Waals surface area (Å²) >= 11 is 0. The highest BCUT2D eigenvalue weighted by molar-refractivity contribution is 5.72.